The van der Waals surface area contributed by atoms with Gasteiger partial charge in [0.2, 0.25) is 0 Å². The lowest BCUT2D eigenvalue weighted by Crippen LogP contribution is -2.19. The normalized spacial score (nSPS) is 10.2. The number of halogens is 2. The summed E-state index contributed by atoms with van der Waals surface area (Å²) < 4.78 is 13.1. The van der Waals surface area contributed by atoms with Gasteiger partial charge < -0.3 is 10.6 Å². The summed E-state index contributed by atoms with van der Waals surface area (Å²) in [6.45, 7) is 0. The molecule has 2 rings (SSSR count). The first kappa shape index (κ1) is 15.1. The smallest absolute Gasteiger partial charge is 0.175 e. The summed E-state index contributed by atoms with van der Waals surface area (Å²) in [7, 11) is 0. The number of hydrogen-bond donors (Lipinski definition) is 2. The lowest BCUT2D eigenvalue weighted by molar-refractivity contribution is 0.628. The van der Waals surface area contributed by atoms with Gasteiger partial charge in [0.25, 0.3) is 0 Å². The molecule has 104 valence electrons. The van der Waals surface area contributed by atoms with E-state index in [1.807, 2.05) is 30.5 Å². The summed E-state index contributed by atoms with van der Waals surface area (Å²) >= 11 is 12.6. The van der Waals surface area contributed by atoms with Crippen molar-refractivity contribution in [2.45, 2.75) is 4.90 Å². The van der Waals surface area contributed by atoms with E-state index in [0.29, 0.717) is 10.8 Å². The first-order valence-corrected chi connectivity index (χ1v) is 7.76. The number of rotatable bonds is 3. The number of thioether (sulfide) groups is 1. The van der Waals surface area contributed by atoms with Crippen molar-refractivity contribution in [1.82, 2.24) is 0 Å². The zero-order chi connectivity index (χ0) is 14.5. The second-order valence-electron chi connectivity index (χ2n) is 3.94. The third kappa shape index (κ3) is 4.10. The Morgan fingerprint density at radius 2 is 1.85 bits per heavy atom. The molecular weight excluding hydrogens is 315 g/mol. The summed E-state index contributed by atoms with van der Waals surface area (Å²) in [6, 6.07) is 12.2. The fraction of sp³-hybridized carbons (Fsp3) is 0.0714. The summed E-state index contributed by atoms with van der Waals surface area (Å²) in [6.07, 6.45) is 2.01. The van der Waals surface area contributed by atoms with Crippen molar-refractivity contribution in [3.05, 3.63) is 53.3 Å². The molecule has 0 radical (unpaired) electrons. The van der Waals surface area contributed by atoms with E-state index in [1.54, 1.807) is 17.8 Å². The maximum absolute atomic E-state index is 13.1. The van der Waals surface area contributed by atoms with Crippen molar-refractivity contribution in [1.29, 1.82) is 0 Å². The van der Waals surface area contributed by atoms with Gasteiger partial charge in [-0.2, -0.15) is 0 Å². The van der Waals surface area contributed by atoms with E-state index >= 15 is 0 Å². The first-order valence-electron chi connectivity index (χ1n) is 5.75. The summed E-state index contributed by atoms with van der Waals surface area (Å²) in [5.41, 5.74) is 1.53. The van der Waals surface area contributed by atoms with Crippen LogP contribution in [0.25, 0.3) is 0 Å². The molecule has 2 N–H and O–H groups in total. The molecule has 2 aromatic rings. The third-order valence-corrected chi connectivity index (χ3v) is 3.72. The molecule has 0 amide bonds. The molecule has 0 aliphatic heterocycles. The molecule has 0 heterocycles. The van der Waals surface area contributed by atoms with Gasteiger partial charge in [-0.1, -0.05) is 17.7 Å². The first-order chi connectivity index (χ1) is 9.58. The monoisotopic (exact) mass is 326 g/mol. The Morgan fingerprint density at radius 3 is 2.50 bits per heavy atom. The molecule has 0 aliphatic carbocycles. The zero-order valence-corrected chi connectivity index (χ0v) is 13.0. The molecule has 0 bridgehead atoms. The van der Waals surface area contributed by atoms with Gasteiger partial charge in [-0.05, 0) is 54.9 Å². The van der Waals surface area contributed by atoms with Crippen LogP contribution in [0.2, 0.25) is 5.02 Å². The van der Waals surface area contributed by atoms with E-state index in [4.69, 9.17) is 23.8 Å². The van der Waals surface area contributed by atoms with E-state index in [2.05, 4.69) is 10.6 Å². The number of nitrogens with one attached hydrogen (secondary N) is 2. The van der Waals surface area contributed by atoms with Crippen molar-refractivity contribution in [2.75, 3.05) is 16.9 Å². The molecule has 0 atom stereocenters. The predicted octanol–water partition coefficient (Wildman–Crippen LogP) is 5.01. The Balaban J connectivity index is 2.03. The minimum absolute atomic E-state index is 0.0576. The minimum Gasteiger partial charge on any atom is -0.332 e. The Hall–Kier alpha value is -1.30. The molecule has 0 spiro atoms. The number of thiocarbonyl (C=S) groups is 1. The van der Waals surface area contributed by atoms with Crippen LogP contribution in [0.15, 0.2) is 47.4 Å². The van der Waals surface area contributed by atoms with Gasteiger partial charge in [0.05, 0.1) is 5.02 Å². The topological polar surface area (TPSA) is 24.1 Å². The standard InChI is InChI=1S/C14H12ClFN2S2/c1-20-11-4-2-3-9(7-11)17-14(19)18-10-5-6-13(16)12(15)8-10/h2-8H,1H3,(H2,17,18,19). The molecular formula is C14H12ClFN2S2. The van der Waals surface area contributed by atoms with Gasteiger partial charge in [-0.25, -0.2) is 4.39 Å². The van der Waals surface area contributed by atoms with E-state index in [-0.39, 0.29) is 5.02 Å². The lowest BCUT2D eigenvalue weighted by Gasteiger charge is -2.11. The maximum Gasteiger partial charge on any atom is 0.175 e. The Labute approximate surface area is 131 Å². The molecule has 0 aromatic heterocycles. The van der Waals surface area contributed by atoms with Gasteiger partial charge in [-0.3, -0.25) is 0 Å². The van der Waals surface area contributed by atoms with Crippen LogP contribution in [-0.2, 0) is 0 Å². The van der Waals surface area contributed by atoms with Crippen molar-refractivity contribution in [3.63, 3.8) is 0 Å². The van der Waals surface area contributed by atoms with Crippen LogP contribution in [-0.4, -0.2) is 11.4 Å². The van der Waals surface area contributed by atoms with Gasteiger partial charge in [0, 0.05) is 16.3 Å². The number of hydrogen-bond acceptors (Lipinski definition) is 2. The molecule has 20 heavy (non-hydrogen) atoms. The quantitative estimate of drug-likeness (QED) is 0.611. The van der Waals surface area contributed by atoms with E-state index in [1.165, 1.54) is 12.1 Å². The molecule has 0 saturated heterocycles. The largest absolute Gasteiger partial charge is 0.332 e. The Bertz CT molecular complexity index is 634. The van der Waals surface area contributed by atoms with E-state index < -0.39 is 5.82 Å². The second kappa shape index (κ2) is 6.92. The Morgan fingerprint density at radius 1 is 1.15 bits per heavy atom. The molecule has 0 fully saturated rings. The summed E-state index contributed by atoms with van der Waals surface area (Å²) in [5.74, 6) is -0.455. The lowest BCUT2D eigenvalue weighted by atomic mass is 10.3. The van der Waals surface area contributed by atoms with Crippen molar-refractivity contribution in [3.8, 4) is 0 Å². The fourth-order valence-electron chi connectivity index (χ4n) is 1.57. The van der Waals surface area contributed by atoms with Gasteiger partial charge in [-0.15, -0.1) is 11.8 Å². The van der Waals surface area contributed by atoms with Gasteiger partial charge >= 0.3 is 0 Å². The van der Waals surface area contributed by atoms with Crippen LogP contribution < -0.4 is 10.6 Å². The average molecular weight is 327 g/mol. The van der Waals surface area contributed by atoms with Crippen LogP contribution in [0.5, 0.6) is 0 Å². The van der Waals surface area contributed by atoms with Crippen LogP contribution in [0.1, 0.15) is 0 Å². The van der Waals surface area contributed by atoms with Gasteiger partial charge in [0.1, 0.15) is 5.82 Å². The van der Waals surface area contributed by atoms with Crippen LogP contribution in [0, 0.1) is 5.82 Å². The minimum atomic E-state index is -0.455. The molecule has 2 nitrogen and oxygen atoms in total. The molecule has 0 unspecified atom stereocenters. The highest BCUT2D eigenvalue weighted by molar-refractivity contribution is 7.98. The van der Waals surface area contributed by atoms with Crippen molar-refractivity contribution in [2.24, 2.45) is 0 Å². The maximum atomic E-state index is 13.1. The third-order valence-electron chi connectivity index (χ3n) is 2.51. The van der Waals surface area contributed by atoms with Crippen LogP contribution >= 0.6 is 35.6 Å². The van der Waals surface area contributed by atoms with Crippen molar-refractivity contribution >= 4 is 52.1 Å². The zero-order valence-electron chi connectivity index (χ0n) is 10.6. The number of anilines is 2. The SMILES string of the molecule is CSc1cccc(NC(=S)Nc2ccc(F)c(Cl)c2)c1. The summed E-state index contributed by atoms with van der Waals surface area (Å²) in [4.78, 5) is 1.14. The van der Waals surface area contributed by atoms with Gasteiger partial charge in [0.15, 0.2) is 5.11 Å². The van der Waals surface area contributed by atoms with E-state index in [9.17, 15) is 4.39 Å². The van der Waals surface area contributed by atoms with Crippen LogP contribution in [0.3, 0.4) is 0 Å². The predicted molar refractivity (Wildman–Crippen MR) is 89.5 cm³/mol. The summed E-state index contributed by atoms with van der Waals surface area (Å²) in [5, 5.41) is 6.51. The Kier molecular flexibility index (Phi) is 5.23. The number of benzene rings is 2. The van der Waals surface area contributed by atoms with Crippen LogP contribution in [0.4, 0.5) is 15.8 Å². The molecule has 0 aliphatic rings. The highest BCUT2D eigenvalue weighted by Crippen LogP contribution is 2.21. The highest BCUT2D eigenvalue weighted by Gasteiger charge is 2.03. The second-order valence-corrected chi connectivity index (χ2v) is 5.64. The highest BCUT2D eigenvalue weighted by atomic mass is 35.5. The van der Waals surface area contributed by atoms with E-state index in [0.717, 1.165) is 10.6 Å². The average Bonchev–Trinajstić information content (AvgIpc) is 2.43. The molecule has 0 saturated carbocycles. The van der Waals surface area contributed by atoms with Crippen molar-refractivity contribution < 1.29 is 4.39 Å². The molecule has 2 aromatic carbocycles. The molecule has 6 heteroatoms. The fourth-order valence-corrected chi connectivity index (χ4v) is 2.44.